The molecule has 1 amide bonds. The smallest absolute Gasteiger partial charge is 0.225 e. The maximum absolute atomic E-state index is 12.2. The minimum atomic E-state index is 0.393. The Balaban J connectivity index is 1.97. The van der Waals surface area contributed by atoms with Gasteiger partial charge in [0.1, 0.15) is 0 Å². The SMILES string of the molecule is CC(C)CN(C(=O)C1CC1)C1CCCC1. The van der Waals surface area contributed by atoms with Gasteiger partial charge in [-0.05, 0) is 31.6 Å². The summed E-state index contributed by atoms with van der Waals surface area (Å²) in [6.45, 7) is 5.39. The van der Waals surface area contributed by atoms with Crippen molar-refractivity contribution in [2.24, 2.45) is 11.8 Å². The van der Waals surface area contributed by atoms with Crippen LogP contribution in [-0.4, -0.2) is 23.4 Å². The van der Waals surface area contributed by atoms with Crippen LogP contribution >= 0.6 is 0 Å². The summed E-state index contributed by atoms with van der Waals surface area (Å²) in [6.07, 6.45) is 7.39. The fraction of sp³-hybridized carbons (Fsp3) is 0.923. The van der Waals surface area contributed by atoms with E-state index in [1.54, 1.807) is 0 Å². The summed E-state index contributed by atoms with van der Waals surface area (Å²) in [5.74, 6) is 1.45. The van der Waals surface area contributed by atoms with Gasteiger partial charge in [0.25, 0.3) is 0 Å². The molecule has 0 aliphatic heterocycles. The Labute approximate surface area is 93.0 Å². The zero-order valence-electron chi connectivity index (χ0n) is 10.0. The van der Waals surface area contributed by atoms with E-state index in [1.165, 1.54) is 25.7 Å². The van der Waals surface area contributed by atoms with Crippen LogP contribution < -0.4 is 0 Å². The molecule has 2 nitrogen and oxygen atoms in total. The number of carbonyl (C=O) groups excluding carboxylic acids is 1. The molecule has 2 rings (SSSR count). The first kappa shape index (κ1) is 11.0. The number of carbonyl (C=O) groups is 1. The minimum Gasteiger partial charge on any atom is -0.339 e. The van der Waals surface area contributed by atoms with E-state index in [1.807, 2.05) is 0 Å². The maximum Gasteiger partial charge on any atom is 0.225 e. The lowest BCUT2D eigenvalue weighted by molar-refractivity contribution is -0.135. The molecule has 2 aliphatic carbocycles. The molecule has 0 aromatic heterocycles. The number of hydrogen-bond donors (Lipinski definition) is 0. The topological polar surface area (TPSA) is 20.3 Å². The summed E-state index contributed by atoms with van der Waals surface area (Å²) in [4.78, 5) is 14.4. The standard InChI is InChI=1S/C13H23NO/c1-10(2)9-14(12-5-3-4-6-12)13(15)11-7-8-11/h10-12H,3-9H2,1-2H3. The van der Waals surface area contributed by atoms with E-state index in [2.05, 4.69) is 18.7 Å². The van der Waals surface area contributed by atoms with Gasteiger partial charge in [0.05, 0.1) is 0 Å². The van der Waals surface area contributed by atoms with Crippen molar-refractivity contribution >= 4 is 5.91 Å². The molecule has 0 saturated heterocycles. The molecule has 0 atom stereocenters. The number of hydrogen-bond acceptors (Lipinski definition) is 1. The molecular formula is C13H23NO. The Kier molecular flexibility index (Phi) is 3.32. The molecule has 0 spiro atoms. The van der Waals surface area contributed by atoms with E-state index in [0.29, 0.717) is 23.8 Å². The van der Waals surface area contributed by atoms with Crippen LogP contribution in [0.3, 0.4) is 0 Å². The lowest BCUT2D eigenvalue weighted by Crippen LogP contribution is -2.42. The highest BCUT2D eigenvalue weighted by Gasteiger charge is 2.37. The van der Waals surface area contributed by atoms with Gasteiger partial charge in [0.15, 0.2) is 0 Å². The van der Waals surface area contributed by atoms with Gasteiger partial charge < -0.3 is 4.90 Å². The molecule has 0 aromatic carbocycles. The summed E-state index contributed by atoms with van der Waals surface area (Å²) in [7, 11) is 0. The average molecular weight is 209 g/mol. The fourth-order valence-electron chi connectivity index (χ4n) is 2.59. The van der Waals surface area contributed by atoms with Gasteiger partial charge in [0.2, 0.25) is 5.91 Å². The first-order valence-electron chi connectivity index (χ1n) is 6.49. The Morgan fingerprint density at radius 2 is 1.80 bits per heavy atom. The van der Waals surface area contributed by atoms with Crippen molar-refractivity contribution in [2.45, 2.75) is 58.4 Å². The van der Waals surface area contributed by atoms with Crippen molar-refractivity contribution in [1.29, 1.82) is 0 Å². The van der Waals surface area contributed by atoms with Crippen molar-refractivity contribution in [2.75, 3.05) is 6.54 Å². The summed E-state index contributed by atoms with van der Waals surface area (Å²) in [5.41, 5.74) is 0. The van der Waals surface area contributed by atoms with Crippen LogP contribution in [0.2, 0.25) is 0 Å². The third kappa shape index (κ3) is 2.73. The lowest BCUT2D eigenvalue weighted by atomic mass is 10.1. The van der Waals surface area contributed by atoms with Gasteiger partial charge >= 0.3 is 0 Å². The van der Waals surface area contributed by atoms with Crippen LogP contribution in [0.4, 0.5) is 0 Å². The number of nitrogens with zero attached hydrogens (tertiary/aromatic N) is 1. The van der Waals surface area contributed by atoms with Gasteiger partial charge in [-0.3, -0.25) is 4.79 Å². The van der Waals surface area contributed by atoms with Gasteiger partial charge in [-0.25, -0.2) is 0 Å². The quantitative estimate of drug-likeness (QED) is 0.697. The van der Waals surface area contributed by atoms with Gasteiger partial charge in [-0.15, -0.1) is 0 Å². The third-order valence-electron chi connectivity index (χ3n) is 3.54. The monoisotopic (exact) mass is 209 g/mol. The molecule has 0 radical (unpaired) electrons. The van der Waals surface area contributed by atoms with Gasteiger partial charge in [0, 0.05) is 18.5 Å². The minimum absolute atomic E-state index is 0.393. The van der Waals surface area contributed by atoms with Gasteiger partial charge in [-0.2, -0.15) is 0 Å². The Morgan fingerprint density at radius 3 is 2.27 bits per heavy atom. The highest BCUT2D eigenvalue weighted by Crippen LogP contribution is 2.34. The van der Waals surface area contributed by atoms with E-state index < -0.39 is 0 Å². The molecular weight excluding hydrogens is 186 g/mol. The maximum atomic E-state index is 12.2. The van der Waals surface area contributed by atoms with Crippen LogP contribution in [0.1, 0.15) is 52.4 Å². The van der Waals surface area contributed by atoms with Crippen LogP contribution in [0, 0.1) is 11.8 Å². The van der Waals surface area contributed by atoms with Crippen molar-refractivity contribution < 1.29 is 4.79 Å². The average Bonchev–Trinajstić information content (AvgIpc) is 2.90. The second-order valence-electron chi connectivity index (χ2n) is 5.60. The molecule has 2 heteroatoms. The van der Waals surface area contributed by atoms with Crippen LogP contribution in [0.15, 0.2) is 0 Å². The summed E-state index contributed by atoms with van der Waals surface area (Å²) < 4.78 is 0. The normalized spacial score (nSPS) is 22.3. The Hall–Kier alpha value is -0.530. The molecule has 15 heavy (non-hydrogen) atoms. The summed E-state index contributed by atoms with van der Waals surface area (Å²) in [6, 6.07) is 0.570. The lowest BCUT2D eigenvalue weighted by Gasteiger charge is -2.30. The largest absolute Gasteiger partial charge is 0.339 e. The van der Waals surface area contributed by atoms with Crippen molar-refractivity contribution in [3.8, 4) is 0 Å². The Morgan fingerprint density at radius 1 is 1.20 bits per heavy atom. The highest BCUT2D eigenvalue weighted by molar-refractivity contribution is 5.81. The first-order chi connectivity index (χ1) is 7.18. The van der Waals surface area contributed by atoms with Crippen molar-refractivity contribution in [3.63, 3.8) is 0 Å². The second kappa shape index (κ2) is 4.54. The van der Waals surface area contributed by atoms with Crippen molar-refractivity contribution in [1.82, 2.24) is 4.90 Å². The van der Waals surface area contributed by atoms with Crippen molar-refractivity contribution in [3.05, 3.63) is 0 Å². The second-order valence-corrected chi connectivity index (χ2v) is 5.60. The van der Waals surface area contributed by atoms with Crippen LogP contribution in [0.5, 0.6) is 0 Å². The molecule has 0 unspecified atom stereocenters. The third-order valence-corrected chi connectivity index (χ3v) is 3.54. The predicted molar refractivity (Wildman–Crippen MR) is 61.5 cm³/mol. The number of amides is 1. The molecule has 0 N–H and O–H groups in total. The summed E-state index contributed by atoms with van der Waals surface area (Å²) >= 11 is 0. The van der Waals surface area contributed by atoms with E-state index in [-0.39, 0.29) is 0 Å². The van der Waals surface area contributed by atoms with Gasteiger partial charge in [-0.1, -0.05) is 26.7 Å². The molecule has 0 bridgehead atoms. The molecule has 0 heterocycles. The van der Waals surface area contributed by atoms with Crippen LogP contribution in [0.25, 0.3) is 0 Å². The predicted octanol–water partition coefficient (Wildman–Crippen LogP) is 2.82. The summed E-state index contributed by atoms with van der Waals surface area (Å²) in [5, 5.41) is 0. The molecule has 0 aromatic rings. The van der Waals surface area contributed by atoms with E-state index >= 15 is 0 Å². The number of rotatable bonds is 4. The van der Waals surface area contributed by atoms with E-state index in [9.17, 15) is 4.79 Å². The fourth-order valence-corrected chi connectivity index (χ4v) is 2.59. The Bertz CT molecular complexity index is 227. The molecule has 2 fully saturated rings. The zero-order chi connectivity index (χ0) is 10.8. The zero-order valence-corrected chi connectivity index (χ0v) is 10.0. The molecule has 86 valence electrons. The van der Waals surface area contributed by atoms with E-state index in [4.69, 9.17) is 0 Å². The molecule has 2 saturated carbocycles. The molecule has 2 aliphatic rings. The van der Waals surface area contributed by atoms with Crippen LogP contribution in [-0.2, 0) is 4.79 Å². The first-order valence-corrected chi connectivity index (χ1v) is 6.49. The van der Waals surface area contributed by atoms with E-state index in [0.717, 1.165) is 19.4 Å². The highest BCUT2D eigenvalue weighted by atomic mass is 16.2.